The summed E-state index contributed by atoms with van der Waals surface area (Å²) >= 11 is 0. The third kappa shape index (κ3) is 2.73. The van der Waals surface area contributed by atoms with E-state index in [0.29, 0.717) is 6.54 Å². The van der Waals surface area contributed by atoms with Crippen molar-refractivity contribution in [1.82, 2.24) is 24.1 Å². The maximum atomic E-state index is 13.1. The number of anilines is 1. The van der Waals surface area contributed by atoms with Gasteiger partial charge in [-0.1, -0.05) is 12.1 Å². The second-order valence-corrected chi connectivity index (χ2v) is 5.86. The van der Waals surface area contributed by atoms with E-state index in [1.807, 2.05) is 35.4 Å². The summed E-state index contributed by atoms with van der Waals surface area (Å²) in [4.78, 5) is 8.85. The number of hydrogen-bond acceptors (Lipinski definition) is 4. The molecule has 0 unspecified atom stereocenters. The number of nitrogens with one attached hydrogen (secondary N) is 1. The van der Waals surface area contributed by atoms with Gasteiger partial charge in [0.25, 0.3) is 0 Å². The van der Waals surface area contributed by atoms with Gasteiger partial charge in [0.2, 0.25) is 0 Å². The zero-order chi connectivity index (χ0) is 17.4. The van der Waals surface area contributed by atoms with E-state index in [-0.39, 0.29) is 5.82 Å². The Labute approximate surface area is 144 Å². The predicted octanol–water partition coefficient (Wildman–Crippen LogP) is 3.19. The summed E-state index contributed by atoms with van der Waals surface area (Å²) in [5, 5.41) is 7.73. The summed E-state index contributed by atoms with van der Waals surface area (Å²) in [5.41, 5.74) is 4.55. The Morgan fingerprint density at radius 1 is 1.16 bits per heavy atom. The van der Waals surface area contributed by atoms with E-state index in [1.54, 1.807) is 24.5 Å². The molecule has 0 bridgehead atoms. The molecule has 0 spiro atoms. The SMILES string of the molecule is Cc1c(-c2nc3cnccn3c2NCc2ccc(F)cc2)cnn1C. The Kier molecular flexibility index (Phi) is 3.68. The lowest BCUT2D eigenvalue weighted by Crippen LogP contribution is -2.04. The number of aromatic nitrogens is 5. The Morgan fingerprint density at radius 3 is 2.68 bits per heavy atom. The zero-order valence-electron chi connectivity index (χ0n) is 13.9. The van der Waals surface area contributed by atoms with Crippen molar-refractivity contribution in [3.63, 3.8) is 0 Å². The van der Waals surface area contributed by atoms with Crippen LogP contribution in [0.5, 0.6) is 0 Å². The van der Waals surface area contributed by atoms with Crippen LogP contribution in [0.25, 0.3) is 16.9 Å². The monoisotopic (exact) mass is 336 g/mol. The van der Waals surface area contributed by atoms with Crippen LogP contribution < -0.4 is 5.32 Å². The van der Waals surface area contributed by atoms with E-state index < -0.39 is 0 Å². The Morgan fingerprint density at radius 2 is 1.96 bits per heavy atom. The van der Waals surface area contributed by atoms with Crippen LogP contribution >= 0.6 is 0 Å². The maximum absolute atomic E-state index is 13.1. The van der Waals surface area contributed by atoms with Gasteiger partial charge in [0.15, 0.2) is 5.65 Å². The molecule has 0 saturated heterocycles. The molecule has 7 heteroatoms. The minimum atomic E-state index is -0.240. The number of benzene rings is 1. The zero-order valence-corrected chi connectivity index (χ0v) is 13.9. The van der Waals surface area contributed by atoms with Crippen molar-refractivity contribution in [2.24, 2.45) is 7.05 Å². The molecule has 25 heavy (non-hydrogen) atoms. The van der Waals surface area contributed by atoms with Gasteiger partial charge in [-0.05, 0) is 24.6 Å². The lowest BCUT2D eigenvalue weighted by atomic mass is 10.2. The van der Waals surface area contributed by atoms with Gasteiger partial charge in [0, 0.05) is 37.2 Å². The fraction of sp³-hybridized carbons (Fsp3) is 0.167. The van der Waals surface area contributed by atoms with Crippen LogP contribution in [0.1, 0.15) is 11.3 Å². The van der Waals surface area contributed by atoms with E-state index in [2.05, 4.69) is 15.4 Å². The quantitative estimate of drug-likeness (QED) is 0.622. The first-order valence-corrected chi connectivity index (χ1v) is 7.93. The number of rotatable bonds is 4. The highest BCUT2D eigenvalue weighted by Crippen LogP contribution is 2.30. The van der Waals surface area contributed by atoms with E-state index in [1.165, 1.54) is 12.1 Å². The highest BCUT2D eigenvalue weighted by molar-refractivity contribution is 5.77. The molecule has 1 aromatic carbocycles. The predicted molar refractivity (Wildman–Crippen MR) is 93.7 cm³/mol. The molecule has 0 aliphatic rings. The summed E-state index contributed by atoms with van der Waals surface area (Å²) in [5.74, 6) is 0.620. The number of aryl methyl sites for hydroxylation is 1. The summed E-state index contributed by atoms with van der Waals surface area (Å²) in [7, 11) is 1.90. The highest BCUT2D eigenvalue weighted by Gasteiger charge is 2.17. The first kappa shape index (κ1) is 15.3. The molecule has 4 rings (SSSR count). The normalized spacial score (nSPS) is 11.2. The summed E-state index contributed by atoms with van der Waals surface area (Å²) in [6, 6.07) is 6.45. The Balaban J connectivity index is 1.76. The van der Waals surface area contributed by atoms with Gasteiger partial charge in [-0.3, -0.25) is 14.1 Å². The van der Waals surface area contributed by atoms with Gasteiger partial charge in [0.1, 0.15) is 17.3 Å². The fourth-order valence-corrected chi connectivity index (χ4v) is 2.78. The Hall–Kier alpha value is -3.22. The van der Waals surface area contributed by atoms with Crippen molar-refractivity contribution in [2.45, 2.75) is 13.5 Å². The summed E-state index contributed by atoms with van der Waals surface area (Å²) in [6.45, 7) is 2.57. The fourth-order valence-electron chi connectivity index (χ4n) is 2.78. The number of fused-ring (bicyclic) bond motifs is 1. The molecule has 0 radical (unpaired) electrons. The molecule has 126 valence electrons. The van der Waals surface area contributed by atoms with E-state index in [4.69, 9.17) is 4.98 Å². The molecular weight excluding hydrogens is 319 g/mol. The second-order valence-electron chi connectivity index (χ2n) is 5.86. The number of nitrogens with zero attached hydrogens (tertiary/aromatic N) is 5. The lowest BCUT2D eigenvalue weighted by Gasteiger charge is -2.09. The van der Waals surface area contributed by atoms with Crippen LogP contribution in [-0.4, -0.2) is 24.1 Å². The van der Waals surface area contributed by atoms with E-state index in [9.17, 15) is 4.39 Å². The molecule has 0 aliphatic carbocycles. The van der Waals surface area contributed by atoms with Crippen molar-refractivity contribution < 1.29 is 4.39 Å². The summed E-state index contributed by atoms with van der Waals surface area (Å²) < 4.78 is 16.9. The first-order valence-electron chi connectivity index (χ1n) is 7.93. The molecule has 0 atom stereocenters. The van der Waals surface area contributed by atoms with Crippen molar-refractivity contribution in [3.05, 3.63) is 66.1 Å². The maximum Gasteiger partial charge on any atom is 0.157 e. The standard InChI is InChI=1S/C18H17FN6/c1-12-15(10-22-24(12)2)17-18(25-8-7-20-11-16(25)23-17)21-9-13-3-5-14(19)6-4-13/h3-8,10-11,21H,9H2,1-2H3. The van der Waals surface area contributed by atoms with Crippen LogP contribution in [0.3, 0.4) is 0 Å². The lowest BCUT2D eigenvalue weighted by molar-refractivity contribution is 0.627. The molecule has 3 aromatic heterocycles. The third-order valence-electron chi connectivity index (χ3n) is 4.29. The average molecular weight is 336 g/mol. The van der Waals surface area contributed by atoms with Crippen LogP contribution in [0.15, 0.2) is 49.1 Å². The van der Waals surface area contributed by atoms with Gasteiger partial charge in [0.05, 0.1) is 12.4 Å². The first-order chi connectivity index (χ1) is 12.1. The van der Waals surface area contributed by atoms with E-state index in [0.717, 1.165) is 34.0 Å². The molecule has 3 heterocycles. The molecule has 6 nitrogen and oxygen atoms in total. The average Bonchev–Trinajstić information content (AvgIpc) is 3.15. The topological polar surface area (TPSA) is 60.0 Å². The number of hydrogen-bond donors (Lipinski definition) is 1. The van der Waals surface area contributed by atoms with Gasteiger partial charge >= 0.3 is 0 Å². The third-order valence-corrected chi connectivity index (χ3v) is 4.29. The van der Waals surface area contributed by atoms with Crippen molar-refractivity contribution in [3.8, 4) is 11.3 Å². The molecule has 1 N–H and O–H groups in total. The van der Waals surface area contributed by atoms with Crippen molar-refractivity contribution in [1.29, 1.82) is 0 Å². The van der Waals surface area contributed by atoms with Gasteiger partial charge in [-0.15, -0.1) is 0 Å². The molecule has 0 saturated carbocycles. The largest absolute Gasteiger partial charge is 0.365 e. The smallest absolute Gasteiger partial charge is 0.157 e. The van der Waals surface area contributed by atoms with Gasteiger partial charge in [-0.25, -0.2) is 9.37 Å². The summed E-state index contributed by atoms with van der Waals surface area (Å²) in [6.07, 6.45) is 7.12. The van der Waals surface area contributed by atoms with Gasteiger partial charge in [-0.2, -0.15) is 5.10 Å². The molecule has 4 aromatic rings. The minimum absolute atomic E-state index is 0.240. The van der Waals surface area contributed by atoms with Crippen LogP contribution in [0.2, 0.25) is 0 Å². The molecule has 0 amide bonds. The van der Waals surface area contributed by atoms with Crippen molar-refractivity contribution in [2.75, 3.05) is 5.32 Å². The van der Waals surface area contributed by atoms with Crippen molar-refractivity contribution >= 4 is 11.5 Å². The van der Waals surface area contributed by atoms with E-state index >= 15 is 0 Å². The second kappa shape index (κ2) is 6.01. The van der Waals surface area contributed by atoms with Gasteiger partial charge < -0.3 is 5.32 Å². The molecule has 0 aliphatic heterocycles. The minimum Gasteiger partial charge on any atom is -0.365 e. The Bertz CT molecular complexity index is 1030. The molecular formula is C18H17FN6. The number of imidazole rings is 1. The van der Waals surface area contributed by atoms with Crippen LogP contribution in [-0.2, 0) is 13.6 Å². The molecule has 0 fully saturated rings. The van der Waals surface area contributed by atoms with Crippen LogP contribution in [0.4, 0.5) is 10.2 Å². The van der Waals surface area contributed by atoms with Crippen LogP contribution in [0, 0.1) is 12.7 Å². The number of halogens is 1. The highest BCUT2D eigenvalue weighted by atomic mass is 19.1.